The SMILES string of the molecule is C=C/C=C\CCCCCC=CCCC. The van der Waals surface area contributed by atoms with Crippen LogP contribution in [0.2, 0.25) is 0 Å². The van der Waals surface area contributed by atoms with Gasteiger partial charge in [-0.15, -0.1) is 0 Å². The normalized spacial score (nSPS) is 11.5. The molecule has 0 heteroatoms. The van der Waals surface area contributed by atoms with Crippen molar-refractivity contribution in [2.24, 2.45) is 0 Å². The van der Waals surface area contributed by atoms with Gasteiger partial charge in [0.05, 0.1) is 0 Å². The summed E-state index contributed by atoms with van der Waals surface area (Å²) in [6, 6.07) is 0. The van der Waals surface area contributed by atoms with E-state index in [0.717, 1.165) is 0 Å². The van der Waals surface area contributed by atoms with Gasteiger partial charge in [-0.2, -0.15) is 0 Å². The molecular weight excluding hydrogens is 168 g/mol. The molecule has 0 radical (unpaired) electrons. The van der Waals surface area contributed by atoms with Gasteiger partial charge in [0.25, 0.3) is 0 Å². The molecule has 0 amide bonds. The van der Waals surface area contributed by atoms with Crippen molar-refractivity contribution in [3.05, 3.63) is 37.0 Å². The van der Waals surface area contributed by atoms with Crippen LogP contribution in [-0.4, -0.2) is 0 Å². The highest BCUT2D eigenvalue weighted by atomic mass is 13.9. The standard InChI is InChI=1S/C14H24/c1-3-5-7-9-11-13-14-12-10-8-6-4-2/h3,5,7-8,10H,1,4,6,9,11-14H2,2H3/b7-5-,10-8?. The fourth-order valence-corrected chi connectivity index (χ4v) is 1.30. The van der Waals surface area contributed by atoms with Crippen molar-refractivity contribution in [3.63, 3.8) is 0 Å². The molecule has 0 rings (SSSR count). The van der Waals surface area contributed by atoms with E-state index in [0.29, 0.717) is 0 Å². The highest BCUT2D eigenvalue weighted by molar-refractivity contribution is 4.96. The van der Waals surface area contributed by atoms with Gasteiger partial charge in [-0.25, -0.2) is 0 Å². The van der Waals surface area contributed by atoms with E-state index in [4.69, 9.17) is 0 Å². The van der Waals surface area contributed by atoms with E-state index in [1.54, 1.807) is 0 Å². The molecule has 0 aliphatic carbocycles. The zero-order chi connectivity index (χ0) is 10.5. The number of hydrogen-bond donors (Lipinski definition) is 0. The van der Waals surface area contributed by atoms with E-state index in [9.17, 15) is 0 Å². The molecule has 14 heavy (non-hydrogen) atoms. The predicted molar refractivity (Wildman–Crippen MR) is 66.5 cm³/mol. The first-order valence-electron chi connectivity index (χ1n) is 5.84. The summed E-state index contributed by atoms with van der Waals surface area (Å²) in [6.07, 6.45) is 19.6. The van der Waals surface area contributed by atoms with Crippen LogP contribution in [0.25, 0.3) is 0 Å². The Morgan fingerprint density at radius 3 is 2.14 bits per heavy atom. The lowest BCUT2D eigenvalue weighted by Gasteiger charge is -1.94. The fourth-order valence-electron chi connectivity index (χ4n) is 1.30. The second-order valence-corrected chi connectivity index (χ2v) is 3.56. The van der Waals surface area contributed by atoms with E-state index in [1.165, 1.54) is 44.9 Å². The van der Waals surface area contributed by atoms with Crippen LogP contribution in [0.3, 0.4) is 0 Å². The Morgan fingerprint density at radius 1 is 0.857 bits per heavy atom. The zero-order valence-electron chi connectivity index (χ0n) is 9.54. The Hall–Kier alpha value is -0.780. The molecule has 0 N–H and O–H groups in total. The molecular formula is C14H24. The van der Waals surface area contributed by atoms with Crippen molar-refractivity contribution in [2.75, 3.05) is 0 Å². The van der Waals surface area contributed by atoms with Gasteiger partial charge in [0.2, 0.25) is 0 Å². The van der Waals surface area contributed by atoms with Gasteiger partial charge in [-0.3, -0.25) is 0 Å². The van der Waals surface area contributed by atoms with Crippen LogP contribution in [0.1, 0.15) is 51.9 Å². The Morgan fingerprint density at radius 2 is 1.50 bits per heavy atom. The minimum Gasteiger partial charge on any atom is -0.0991 e. The second-order valence-electron chi connectivity index (χ2n) is 3.56. The highest BCUT2D eigenvalue weighted by Gasteiger charge is 1.85. The summed E-state index contributed by atoms with van der Waals surface area (Å²) in [5.74, 6) is 0. The Balaban J connectivity index is 3.05. The summed E-state index contributed by atoms with van der Waals surface area (Å²) in [7, 11) is 0. The average Bonchev–Trinajstić information content (AvgIpc) is 2.21. The van der Waals surface area contributed by atoms with Crippen LogP contribution in [0.4, 0.5) is 0 Å². The fraction of sp³-hybridized carbons (Fsp3) is 0.571. The first-order chi connectivity index (χ1) is 6.91. The molecule has 0 fully saturated rings. The smallest absolute Gasteiger partial charge is 0.0348 e. The van der Waals surface area contributed by atoms with Crippen molar-refractivity contribution in [3.8, 4) is 0 Å². The molecule has 0 aromatic rings. The maximum atomic E-state index is 3.64. The third-order valence-corrected chi connectivity index (χ3v) is 2.14. The maximum absolute atomic E-state index is 3.64. The molecule has 80 valence electrons. The Bertz CT molecular complexity index is 163. The number of rotatable bonds is 9. The minimum absolute atomic E-state index is 1.20. The van der Waals surface area contributed by atoms with Gasteiger partial charge in [0.1, 0.15) is 0 Å². The quantitative estimate of drug-likeness (QED) is 0.273. The monoisotopic (exact) mass is 192 g/mol. The summed E-state index contributed by atoms with van der Waals surface area (Å²) in [6.45, 7) is 5.86. The van der Waals surface area contributed by atoms with Crippen molar-refractivity contribution in [1.82, 2.24) is 0 Å². The Kier molecular flexibility index (Phi) is 11.5. The van der Waals surface area contributed by atoms with Gasteiger partial charge in [-0.1, -0.05) is 56.7 Å². The third kappa shape index (κ3) is 11.2. The highest BCUT2D eigenvalue weighted by Crippen LogP contribution is 2.04. The molecule has 0 aliphatic rings. The average molecular weight is 192 g/mol. The molecule has 0 aromatic carbocycles. The largest absolute Gasteiger partial charge is 0.0991 e. The van der Waals surface area contributed by atoms with Gasteiger partial charge in [0.15, 0.2) is 0 Å². The topological polar surface area (TPSA) is 0 Å². The van der Waals surface area contributed by atoms with Crippen molar-refractivity contribution < 1.29 is 0 Å². The van der Waals surface area contributed by atoms with Crippen LogP contribution in [0.5, 0.6) is 0 Å². The first-order valence-corrected chi connectivity index (χ1v) is 5.84. The van der Waals surface area contributed by atoms with Crippen molar-refractivity contribution in [2.45, 2.75) is 51.9 Å². The summed E-state index contributed by atoms with van der Waals surface area (Å²) >= 11 is 0. The molecule has 0 saturated heterocycles. The zero-order valence-corrected chi connectivity index (χ0v) is 9.54. The van der Waals surface area contributed by atoms with Crippen LogP contribution in [-0.2, 0) is 0 Å². The molecule has 0 heterocycles. The predicted octanol–water partition coefficient (Wildman–Crippen LogP) is 5.04. The van der Waals surface area contributed by atoms with E-state index in [2.05, 4.69) is 31.7 Å². The summed E-state index contributed by atoms with van der Waals surface area (Å²) in [5, 5.41) is 0. The van der Waals surface area contributed by atoms with Gasteiger partial charge >= 0.3 is 0 Å². The van der Waals surface area contributed by atoms with E-state index >= 15 is 0 Å². The molecule has 0 spiro atoms. The summed E-state index contributed by atoms with van der Waals surface area (Å²) in [5.41, 5.74) is 0. The molecule has 0 bridgehead atoms. The molecule has 0 nitrogen and oxygen atoms in total. The van der Waals surface area contributed by atoms with Crippen molar-refractivity contribution >= 4 is 0 Å². The second kappa shape index (κ2) is 12.2. The van der Waals surface area contributed by atoms with E-state index in [1.807, 2.05) is 12.2 Å². The van der Waals surface area contributed by atoms with Gasteiger partial charge in [-0.05, 0) is 32.1 Å². The van der Waals surface area contributed by atoms with Gasteiger partial charge < -0.3 is 0 Å². The number of unbranched alkanes of at least 4 members (excludes halogenated alkanes) is 5. The van der Waals surface area contributed by atoms with Crippen LogP contribution < -0.4 is 0 Å². The summed E-state index contributed by atoms with van der Waals surface area (Å²) < 4.78 is 0. The summed E-state index contributed by atoms with van der Waals surface area (Å²) in [4.78, 5) is 0. The van der Waals surface area contributed by atoms with Crippen LogP contribution in [0.15, 0.2) is 37.0 Å². The van der Waals surface area contributed by atoms with Crippen molar-refractivity contribution in [1.29, 1.82) is 0 Å². The third-order valence-electron chi connectivity index (χ3n) is 2.14. The molecule has 0 aromatic heterocycles. The Labute approximate surface area is 89.4 Å². The van der Waals surface area contributed by atoms with E-state index < -0.39 is 0 Å². The first kappa shape index (κ1) is 13.2. The number of hydrogen-bond acceptors (Lipinski definition) is 0. The van der Waals surface area contributed by atoms with E-state index in [-0.39, 0.29) is 0 Å². The lowest BCUT2D eigenvalue weighted by molar-refractivity contribution is 0.695. The molecule has 0 unspecified atom stereocenters. The molecule has 0 atom stereocenters. The maximum Gasteiger partial charge on any atom is -0.0348 e. The molecule has 0 aliphatic heterocycles. The van der Waals surface area contributed by atoms with Crippen LogP contribution in [0, 0.1) is 0 Å². The van der Waals surface area contributed by atoms with Crippen LogP contribution >= 0.6 is 0 Å². The lowest BCUT2D eigenvalue weighted by atomic mass is 10.1. The number of allylic oxidation sites excluding steroid dienone is 5. The lowest BCUT2D eigenvalue weighted by Crippen LogP contribution is -1.74. The molecule has 0 saturated carbocycles. The van der Waals surface area contributed by atoms with Gasteiger partial charge in [0, 0.05) is 0 Å². The minimum atomic E-state index is 1.20.